The monoisotopic (exact) mass is 248 g/mol. The summed E-state index contributed by atoms with van der Waals surface area (Å²) in [6.07, 6.45) is 2.34. The first kappa shape index (κ1) is 13.4. The normalized spacial score (nSPS) is 19.7. The molecule has 0 bridgehead atoms. The Morgan fingerprint density at radius 3 is 2.67 bits per heavy atom. The molecule has 0 spiro atoms. The summed E-state index contributed by atoms with van der Waals surface area (Å²) in [6, 6.07) is 5.08. The van der Waals surface area contributed by atoms with Gasteiger partial charge in [-0.1, -0.05) is 19.9 Å². The van der Waals surface area contributed by atoms with Gasteiger partial charge in [-0.05, 0) is 36.6 Å². The summed E-state index contributed by atoms with van der Waals surface area (Å²) in [6.45, 7) is 7.19. The van der Waals surface area contributed by atoms with E-state index in [0.29, 0.717) is 12.6 Å². The molecule has 2 N–H and O–H groups in total. The van der Waals surface area contributed by atoms with Crippen molar-refractivity contribution in [3.8, 4) is 5.75 Å². The van der Waals surface area contributed by atoms with Gasteiger partial charge in [-0.25, -0.2) is 0 Å². The van der Waals surface area contributed by atoms with Crippen LogP contribution in [0.3, 0.4) is 0 Å². The molecule has 3 nitrogen and oxygen atoms in total. The Balaban J connectivity index is 2.36. The van der Waals surface area contributed by atoms with E-state index in [2.05, 4.69) is 30.9 Å². The minimum Gasteiger partial charge on any atom is -0.496 e. The zero-order chi connectivity index (χ0) is 13.1. The fraction of sp³-hybridized carbons (Fsp3) is 0.600. The van der Waals surface area contributed by atoms with E-state index in [1.54, 1.807) is 7.11 Å². The van der Waals surface area contributed by atoms with Crippen LogP contribution in [0.2, 0.25) is 0 Å². The number of hydrogen-bond acceptors (Lipinski definition) is 3. The van der Waals surface area contributed by atoms with E-state index < -0.39 is 0 Å². The highest BCUT2D eigenvalue weighted by Gasteiger charge is 2.24. The number of rotatable bonds is 4. The molecule has 0 aliphatic carbocycles. The lowest BCUT2D eigenvalue weighted by molar-refractivity contribution is 0.176. The lowest BCUT2D eigenvalue weighted by Crippen LogP contribution is -2.39. The number of methoxy groups -OCH3 is 1. The van der Waals surface area contributed by atoms with Crippen LogP contribution in [0.1, 0.15) is 37.0 Å². The molecule has 100 valence electrons. The highest BCUT2D eigenvalue weighted by Crippen LogP contribution is 2.30. The molecule has 1 aromatic carbocycles. The molecule has 1 aliphatic rings. The van der Waals surface area contributed by atoms with Crippen LogP contribution in [0.4, 0.5) is 0 Å². The largest absolute Gasteiger partial charge is 0.496 e. The SMILES string of the molecule is CCC1Cc2cc(CN)c(OC)cc2CN1CC. The molecular formula is C15H24N2O. The minimum absolute atomic E-state index is 0.546. The second-order valence-electron chi connectivity index (χ2n) is 4.97. The highest BCUT2D eigenvalue weighted by atomic mass is 16.5. The molecule has 0 saturated carbocycles. The van der Waals surface area contributed by atoms with Gasteiger partial charge in [0.1, 0.15) is 5.75 Å². The number of nitrogens with two attached hydrogens (primary N) is 1. The van der Waals surface area contributed by atoms with Crippen molar-refractivity contribution in [3.63, 3.8) is 0 Å². The molecule has 1 aromatic rings. The Morgan fingerprint density at radius 2 is 2.11 bits per heavy atom. The van der Waals surface area contributed by atoms with E-state index in [1.165, 1.54) is 17.5 Å². The van der Waals surface area contributed by atoms with Crippen LogP contribution in [0.5, 0.6) is 5.75 Å². The van der Waals surface area contributed by atoms with Gasteiger partial charge >= 0.3 is 0 Å². The molecule has 0 amide bonds. The third-order valence-corrected chi connectivity index (χ3v) is 4.05. The topological polar surface area (TPSA) is 38.5 Å². The second-order valence-corrected chi connectivity index (χ2v) is 4.97. The molecule has 1 atom stereocenters. The van der Waals surface area contributed by atoms with Gasteiger partial charge < -0.3 is 10.5 Å². The minimum atomic E-state index is 0.546. The molecule has 3 heteroatoms. The van der Waals surface area contributed by atoms with Crippen molar-refractivity contribution in [3.05, 3.63) is 28.8 Å². The molecule has 2 rings (SSSR count). The van der Waals surface area contributed by atoms with E-state index in [0.717, 1.165) is 30.8 Å². The van der Waals surface area contributed by atoms with Gasteiger partial charge in [0.15, 0.2) is 0 Å². The smallest absolute Gasteiger partial charge is 0.123 e. The maximum Gasteiger partial charge on any atom is 0.123 e. The van der Waals surface area contributed by atoms with Crippen LogP contribution in [0.15, 0.2) is 12.1 Å². The van der Waals surface area contributed by atoms with E-state index in [-0.39, 0.29) is 0 Å². The maximum atomic E-state index is 5.79. The Morgan fingerprint density at radius 1 is 1.33 bits per heavy atom. The number of benzene rings is 1. The molecular weight excluding hydrogens is 224 g/mol. The summed E-state index contributed by atoms with van der Waals surface area (Å²) in [5, 5.41) is 0. The van der Waals surface area contributed by atoms with Gasteiger partial charge in [0.2, 0.25) is 0 Å². The van der Waals surface area contributed by atoms with Gasteiger partial charge in [0.05, 0.1) is 7.11 Å². The zero-order valence-corrected chi connectivity index (χ0v) is 11.7. The summed E-state index contributed by atoms with van der Waals surface area (Å²) in [5.74, 6) is 0.933. The summed E-state index contributed by atoms with van der Waals surface area (Å²) in [4.78, 5) is 2.55. The van der Waals surface area contributed by atoms with Crippen molar-refractivity contribution in [2.75, 3.05) is 13.7 Å². The Hall–Kier alpha value is -1.06. The third kappa shape index (κ3) is 2.38. The molecule has 1 aliphatic heterocycles. The van der Waals surface area contributed by atoms with Crippen LogP contribution in [0.25, 0.3) is 0 Å². The standard InChI is InChI=1S/C15H24N2O/c1-4-14-7-11-6-12(9-16)15(18-3)8-13(11)10-17(14)5-2/h6,8,14H,4-5,7,9-10,16H2,1-3H3. The van der Waals surface area contributed by atoms with Crippen molar-refractivity contribution < 1.29 is 4.74 Å². The van der Waals surface area contributed by atoms with Crippen molar-refractivity contribution in [2.45, 2.75) is 45.8 Å². The van der Waals surface area contributed by atoms with Gasteiger partial charge in [0.25, 0.3) is 0 Å². The number of nitrogens with zero attached hydrogens (tertiary/aromatic N) is 1. The summed E-state index contributed by atoms with van der Waals surface area (Å²) in [7, 11) is 1.72. The summed E-state index contributed by atoms with van der Waals surface area (Å²) < 4.78 is 5.43. The lowest BCUT2D eigenvalue weighted by Gasteiger charge is -2.36. The van der Waals surface area contributed by atoms with E-state index >= 15 is 0 Å². The van der Waals surface area contributed by atoms with Crippen LogP contribution in [0, 0.1) is 0 Å². The van der Waals surface area contributed by atoms with Crippen LogP contribution >= 0.6 is 0 Å². The molecule has 18 heavy (non-hydrogen) atoms. The molecule has 0 saturated heterocycles. The Labute approximate surface area is 110 Å². The van der Waals surface area contributed by atoms with E-state index in [1.807, 2.05) is 0 Å². The van der Waals surface area contributed by atoms with Gasteiger partial charge in [-0.2, -0.15) is 0 Å². The second kappa shape index (κ2) is 5.72. The quantitative estimate of drug-likeness (QED) is 0.888. The van der Waals surface area contributed by atoms with Crippen LogP contribution in [-0.4, -0.2) is 24.6 Å². The molecule has 1 heterocycles. The number of hydrogen-bond donors (Lipinski definition) is 1. The first-order valence-electron chi connectivity index (χ1n) is 6.86. The van der Waals surface area contributed by atoms with Gasteiger partial charge in [-0.15, -0.1) is 0 Å². The fourth-order valence-electron chi connectivity index (χ4n) is 2.91. The van der Waals surface area contributed by atoms with Gasteiger partial charge in [-0.3, -0.25) is 4.90 Å². The molecule has 1 unspecified atom stereocenters. The van der Waals surface area contributed by atoms with Gasteiger partial charge in [0, 0.05) is 24.7 Å². The van der Waals surface area contributed by atoms with E-state index in [9.17, 15) is 0 Å². The third-order valence-electron chi connectivity index (χ3n) is 4.05. The van der Waals surface area contributed by atoms with Crippen LogP contribution < -0.4 is 10.5 Å². The zero-order valence-electron chi connectivity index (χ0n) is 11.7. The first-order valence-corrected chi connectivity index (χ1v) is 6.86. The van der Waals surface area contributed by atoms with Crippen molar-refractivity contribution in [1.29, 1.82) is 0 Å². The van der Waals surface area contributed by atoms with Crippen molar-refractivity contribution >= 4 is 0 Å². The van der Waals surface area contributed by atoms with Crippen LogP contribution in [-0.2, 0) is 19.5 Å². The first-order chi connectivity index (χ1) is 8.73. The Bertz CT molecular complexity index is 378. The highest BCUT2D eigenvalue weighted by molar-refractivity contribution is 5.44. The predicted octanol–water partition coefficient (Wildman–Crippen LogP) is 2.31. The number of likely N-dealkylation sites (N-methyl/N-ethyl adjacent to an activating group) is 1. The lowest BCUT2D eigenvalue weighted by atomic mass is 9.90. The number of ether oxygens (including phenoxy) is 1. The van der Waals surface area contributed by atoms with Crippen molar-refractivity contribution in [1.82, 2.24) is 4.90 Å². The van der Waals surface area contributed by atoms with E-state index in [4.69, 9.17) is 10.5 Å². The average molecular weight is 248 g/mol. The fourth-order valence-corrected chi connectivity index (χ4v) is 2.91. The molecule has 0 radical (unpaired) electrons. The predicted molar refractivity (Wildman–Crippen MR) is 74.8 cm³/mol. The van der Waals surface area contributed by atoms with Crippen molar-refractivity contribution in [2.24, 2.45) is 5.73 Å². The molecule has 0 aromatic heterocycles. The number of fused-ring (bicyclic) bond motifs is 1. The average Bonchev–Trinajstić information content (AvgIpc) is 2.43. The maximum absolute atomic E-state index is 5.79. The molecule has 0 fully saturated rings. The summed E-state index contributed by atoms with van der Waals surface area (Å²) in [5.41, 5.74) is 9.76. The summed E-state index contributed by atoms with van der Waals surface area (Å²) >= 11 is 0. The Kier molecular flexibility index (Phi) is 4.25.